The molecule has 5 heteroatoms. The van der Waals surface area contributed by atoms with E-state index in [4.69, 9.17) is 11.5 Å². The second kappa shape index (κ2) is 12.2. The second-order valence-corrected chi connectivity index (χ2v) is 6.70. The number of unbranched alkanes of at least 4 members (excludes halogenated alkanes) is 7. The number of hydrogen-bond acceptors (Lipinski definition) is 2. The summed E-state index contributed by atoms with van der Waals surface area (Å²) in [7, 11) is 0. The van der Waals surface area contributed by atoms with Crippen LogP contribution in [-0.2, 0) is 4.79 Å². The van der Waals surface area contributed by atoms with E-state index < -0.39 is 0 Å². The lowest BCUT2D eigenvalue weighted by Gasteiger charge is -2.25. The number of guanidine groups is 1. The van der Waals surface area contributed by atoms with Crippen molar-refractivity contribution < 1.29 is 4.79 Å². The van der Waals surface area contributed by atoms with Gasteiger partial charge in [0.05, 0.1) is 0 Å². The van der Waals surface area contributed by atoms with Gasteiger partial charge in [-0.15, -0.1) is 0 Å². The fourth-order valence-electron chi connectivity index (χ4n) is 3.34. The monoisotopic (exact) mass is 324 g/mol. The number of nitrogens with zero attached hydrogens (tertiary/aromatic N) is 2. The molecule has 1 aliphatic heterocycles. The van der Waals surface area contributed by atoms with E-state index in [-0.39, 0.29) is 5.96 Å². The summed E-state index contributed by atoms with van der Waals surface area (Å²) in [6.07, 6.45) is 14.0. The first-order valence-electron chi connectivity index (χ1n) is 9.50. The molecule has 1 atom stereocenters. The zero-order chi connectivity index (χ0) is 16.9. The highest BCUT2D eigenvalue weighted by atomic mass is 16.2. The molecule has 0 aromatic carbocycles. The van der Waals surface area contributed by atoms with Crippen LogP contribution >= 0.6 is 0 Å². The average Bonchev–Trinajstić information content (AvgIpc) is 2.86. The maximum Gasteiger partial charge on any atom is 0.222 e. The third-order valence-corrected chi connectivity index (χ3v) is 4.69. The number of carbonyl (C=O) groups is 1. The summed E-state index contributed by atoms with van der Waals surface area (Å²) in [4.78, 5) is 18.2. The molecule has 0 saturated carbocycles. The molecule has 0 spiro atoms. The van der Waals surface area contributed by atoms with Gasteiger partial charge in [-0.1, -0.05) is 45.4 Å². The molecule has 134 valence electrons. The molecule has 1 aliphatic rings. The minimum absolute atomic E-state index is 0.165. The van der Waals surface area contributed by atoms with Gasteiger partial charge in [-0.25, -0.2) is 0 Å². The normalized spacial score (nSPS) is 17.7. The molecular weight excluding hydrogens is 288 g/mol. The van der Waals surface area contributed by atoms with E-state index >= 15 is 0 Å². The van der Waals surface area contributed by atoms with Gasteiger partial charge in [0, 0.05) is 25.6 Å². The van der Waals surface area contributed by atoms with Crippen molar-refractivity contribution in [2.24, 2.45) is 16.5 Å². The number of aliphatic imine (C=N–C) groups is 1. The Morgan fingerprint density at radius 2 is 1.78 bits per heavy atom. The largest absolute Gasteiger partial charge is 0.370 e. The Balaban J connectivity index is 2.13. The van der Waals surface area contributed by atoms with E-state index in [2.05, 4.69) is 16.8 Å². The highest BCUT2D eigenvalue weighted by Gasteiger charge is 2.29. The van der Waals surface area contributed by atoms with Gasteiger partial charge in [0.25, 0.3) is 0 Å². The summed E-state index contributed by atoms with van der Waals surface area (Å²) in [5.41, 5.74) is 10.6. The quantitative estimate of drug-likeness (QED) is 0.310. The maximum absolute atomic E-state index is 12.0. The first kappa shape index (κ1) is 19.8. The van der Waals surface area contributed by atoms with Gasteiger partial charge < -0.3 is 16.4 Å². The Morgan fingerprint density at radius 3 is 2.52 bits per heavy atom. The lowest BCUT2D eigenvalue weighted by molar-refractivity contribution is -0.129. The Labute approximate surface area is 141 Å². The van der Waals surface area contributed by atoms with Crippen LogP contribution in [0.1, 0.15) is 84.0 Å². The van der Waals surface area contributed by atoms with E-state index in [1.165, 1.54) is 44.9 Å². The van der Waals surface area contributed by atoms with Crippen LogP contribution in [0.3, 0.4) is 0 Å². The molecule has 4 N–H and O–H groups in total. The summed E-state index contributed by atoms with van der Waals surface area (Å²) in [6, 6.07) is 0.492. The van der Waals surface area contributed by atoms with Crippen LogP contribution < -0.4 is 11.5 Å². The molecule has 0 bridgehead atoms. The third-order valence-electron chi connectivity index (χ3n) is 4.69. The van der Waals surface area contributed by atoms with Crippen LogP contribution in [0.5, 0.6) is 0 Å². The lowest BCUT2D eigenvalue weighted by atomic mass is 10.0. The number of rotatable bonds is 13. The molecule has 1 rings (SSSR count). The number of nitrogens with two attached hydrogens (primary N) is 2. The molecule has 0 aromatic heterocycles. The number of amides is 1. The van der Waals surface area contributed by atoms with E-state index in [0.29, 0.717) is 18.5 Å². The van der Waals surface area contributed by atoms with Crippen molar-refractivity contribution in [2.75, 3.05) is 13.1 Å². The minimum Gasteiger partial charge on any atom is -0.370 e. The maximum atomic E-state index is 12.0. The molecule has 0 radical (unpaired) electrons. The Bertz CT molecular complexity index is 353. The van der Waals surface area contributed by atoms with Crippen molar-refractivity contribution in [1.29, 1.82) is 0 Å². The molecule has 23 heavy (non-hydrogen) atoms. The van der Waals surface area contributed by atoms with Crippen LogP contribution in [0, 0.1) is 0 Å². The zero-order valence-electron chi connectivity index (χ0n) is 14.9. The molecule has 1 unspecified atom stereocenters. The number of likely N-dealkylation sites (tertiary alicyclic amines) is 1. The molecular formula is C18H36N4O. The van der Waals surface area contributed by atoms with E-state index in [1.807, 2.05) is 0 Å². The molecule has 1 saturated heterocycles. The van der Waals surface area contributed by atoms with Crippen molar-refractivity contribution in [3.63, 3.8) is 0 Å². The molecule has 0 aromatic rings. The third kappa shape index (κ3) is 8.82. The first-order chi connectivity index (χ1) is 11.1. The van der Waals surface area contributed by atoms with Crippen LogP contribution in [0.15, 0.2) is 4.99 Å². The summed E-state index contributed by atoms with van der Waals surface area (Å²) in [5, 5.41) is 0. The van der Waals surface area contributed by atoms with Crippen LogP contribution in [0.4, 0.5) is 0 Å². The van der Waals surface area contributed by atoms with Crippen LogP contribution in [0.2, 0.25) is 0 Å². The highest BCUT2D eigenvalue weighted by Crippen LogP contribution is 2.24. The van der Waals surface area contributed by atoms with Crippen LogP contribution in [0.25, 0.3) is 0 Å². The predicted molar refractivity (Wildman–Crippen MR) is 97.3 cm³/mol. The van der Waals surface area contributed by atoms with Gasteiger partial charge >= 0.3 is 0 Å². The Hall–Kier alpha value is -1.26. The highest BCUT2D eigenvalue weighted by molar-refractivity contribution is 5.78. The van der Waals surface area contributed by atoms with E-state index in [1.54, 1.807) is 0 Å². The average molecular weight is 325 g/mol. The van der Waals surface area contributed by atoms with Crippen LogP contribution in [-0.4, -0.2) is 35.9 Å². The molecule has 0 aliphatic carbocycles. The lowest BCUT2D eigenvalue weighted by Crippen LogP contribution is -2.33. The number of hydrogen-bond donors (Lipinski definition) is 2. The van der Waals surface area contributed by atoms with Gasteiger partial charge in [0.1, 0.15) is 0 Å². The molecule has 1 amide bonds. The summed E-state index contributed by atoms with van der Waals surface area (Å²) >= 11 is 0. The minimum atomic E-state index is 0.165. The fourth-order valence-corrected chi connectivity index (χ4v) is 3.34. The molecule has 1 fully saturated rings. The smallest absolute Gasteiger partial charge is 0.222 e. The zero-order valence-corrected chi connectivity index (χ0v) is 14.9. The Morgan fingerprint density at radius 1 is 1.09 bits per heavy atom. The summed E-state index contributed by atoms with van der Waals surface area (Å²) in [5.74, 6) is 0.518. The van der Waals surface area contributed by atoms with E-state index in [0.717, 1.165) is 38.6 Å². The van der Waals surface area contributed by atoms with Crippen molar-refractivity contribution in [2.45, 2.75) is 90.0 Å². The fraction of sp³-hybridized carbons (Fsp3) is 0.889. The van der Waals surface area contributed by atoms with Crippen molar-refractivity contribution in [1.82, 2.24) is 4.90 Å². The van der Waals surface area contributed by atoms with E-state index in [9.17, 15) is 4.79 Å². The Kier molecular flexibility index (Phi) is 10.5. The van der Waals surface area contributed by atoms with Crippen molar-refractivity contribution in [3.05, 3.63) is 0 Å². The first-order valence-corrected chi connectivity index (χ1v) is 9.50. The molecule has 5 nitrogen and oxygen atoms in total. The topological polar surface area (TPSA) is 84.7 Å². The van der Waals surface area contributed by atoms with Crippen molar-refractivity contribution >= 4 is 11.9 Å². The van der Waals surface area contributed by atoms with Gasteiger partial charge in [-0.05, 0) is 32.1 Å². The predicted octanol–water partition coefficient (Wildman–Crippen LogP) is 3.17. The van der Waals surface area contributed by atoms with Crippen molar-refractivity contribution in [3.8, 4) is 0 Å². The van der Waals surface area contributed by atoms with Gasteiger partial charge in [0.2, 0.25) is 5.91 Å². The SMILES string of the molecule is CCCCCCCCC1CCC(=O)N1CCCCCN=C(N)N. The number of carbonyl (C=O) groups excluding carboxylic acids is 1. The standard InChI is InChI=1S/C18H36N4O/c1-2-3-4-5-6-8-11-16-12-13-17(23)22(16)15-10-7-9-14-21-18(19)20/h16H,2-15H2,1H3,(H4,19,20,21). The summed E-state index contributed by atoms with van der Waals surface area (Å²) < 4.78 is 0. The second-order valence-electron chi connectivity index (χ2n) is 6.70. The van der Waals surface area contributed by atoms with Gasteiger partial charge in [-0.2, -0.15) is 0 Å². The molecule has 1 heterocycles. The van der Waals surface area contributed by atoms with Gasteiger partial charge in [-0.3, -0.25) is 9.79 Å². The van der Waals surface area contributed by atoms with Gasteiger partial charge in [0.15, 0.2) is 5.96 Å². The summed E-state index contributed by atoms with van der Waals surface area (Å²) in [6.45, 7) is 3.85.